The van der Waals surface area contributed by atoms with E-state index < -0.39 is 0 Å². The van der Waals surface area contributed by atoms with Gasteiger partial charge in [-0.3, -0.25) is 4.79 Å². The number of amides is 1. The molecule has 0 bridgehead atoms. The summed E-state index contributed by atoms with van der Waals surface area (Å²) in [5.74, 6) is 1.12. The van der Waals surface area contributed by atoms with Crippen molar-refractivity contribution in [2.45, 2.75) is 32.7 Å². The van der Waals surface area contributed by atoms with Crippen LogP contribution >= 0.6 is 11.6 Å². The fourth-order valence-electron chi connectivity index (χ4n) is 4.51. The summed E-state index contributed by atoms with van der Waals surface area (Å²) in [7, 11) is 0. The molecule has 1 aliphatic rings. The van der Waals surface area contributed by atoms with E-state index in [1.807, 2.05) is 59.5 Å². The number of carbonyl (C=O) groups excluding carboxylic acids is 1. The first kappa shape index (κ1) is 19.8. The molecule has 0 aliphatic carbocycles. The first-order chi connectivity index (χ1) is 15.0. The minimum absolute atomic E-state index is 0.0299. The smallest absolute Gasteiger partial charge is 0.227 e. The van der Waals surface area contributed by atoms with Crippen LogP contribution in [-0.2, 0) is 11.3 Å². The average molecular weight is 430 g/mol. The highest BCUT2D eigenvalue weighted by molar-refractivity contribution is 6.31. The van der Waals surface area contributed by atoms with E-state index in [0.717, 1.165) is 38.7 Å². The average Bonchev–Trinajstić information content (AvgIpc) is 3.32. The largest absolute Gasteiger partial charge is 0.323 e. The van der Waals surface area contributed by atoms with Gasteiger partial charge in [0.1, 0.15) is 5.82 Å². The second-order valence-electron chi connectivity index (χ2n) is 8.26. The first-order valence-electron chi connectivity index (χ1n) is 10.6. The summed E-state index contributed by atoms with van der Waals surface area (Å²) >= 11 is 6.47. The maximum atomic E-state index is 13.0. The lowest BCUT2D eigenvalue weighted by Crippen LogP contribution is -2.25. The van der Waals surface area contributed by atoms with Gasteiger partial charge in [-0.05, 0) is 54.8 Å². The topological polar surface area (TPSA) is 38.1 Å². The van der Waals surface area contributed by atoms with Gasteiger partial charge in [0.05, 0.1) is 17.6 Å². The van der Waals surface area contributed by atoms with Crippen molar-refractivity contribution in [3.8, 4) is 0 Å². The van der Waals surface area contributed by atoms with Gasteiger partial charge in [0.15, 0.2) is 0 Å². The van der Waals surface area contributed by atoms with Gasteiger partial charge in [-0.15, -0.1) is 0 Å². The van der Waals surface area contributed by atoms with Gasteiger partial charge < -0.3 is 9.47 Å². The third-order valence-electron chi connectivity index (χ3n) is 6.33. The van der Waals surface area contributed by atoms with Crippen LogP contribution in [0.3, 0.4) is 0 Å². The van der Waals surface area contributed by atoms with Gasteiger partial charge in [0.2, 0.25) is 5.91 Å². The fourth-order valence-corrected chi connectivity index (χ4v) is 4.71. The third-order valence-corrected chi connectivity index (χ3v) is 6.70. The van der Waals surface area contributed by atoms with Crippen molar-refractivity contribution in [3.63, 3.8) is 0 Å². The van der Waals surface area contributed by atoms with Crippen LogP contribution in [0, 0.1) is 13.8 Å². The fraction of sp³-hybridized carbons (Fsp3) is 0.231. The van der Waals surface area contributed by atoms with E-state index in [2.05, 4.69) is 30.5 Å². The van der Waals surface area contributed by atoms with Crippen molar-refractivity contribution in [1.29, 1.82) is 0 Å². The highest BCUT2D eigenvalue weighted by atomic mass is 35.5. The Morgan fingerprint density at radius 1 is 1.00 bits per heavy atom. The standard InChI is InChI=1S/C26H24ClN3O/c1-17-8-7-13-23(18(17)2)29-16-20(14-25(29)31)26-28-22-11-5-6-12-24(22)30(26)15-19-9-3-4-10-21(19)27/h3-13,20H,14-16H2,1-2H3. The Labute approximate surface area is 187 Å². The summed E-state index contributed by atoms with van der Waals surface area (Å²) in [6.07, 6.45) is 0.458. The summed E-state index contributed by atoms with van der Waals surface area (Å²) in [5.41, 5.74) is 6.41. The van der Waals surface area contributed by atoms with Crippen LogP contribution in [0.4, 0.5) is 5.69 Å². The minimum Gasteiger partial charge on any atom is -0.323 e. The predicted molar refractivity (Wildman–Crippen MR) is 126 cm³/mol. The van der Waals surface area contributed by atoms with Crippen LogP contribution < -0.4 is 4.90 Å². The quantitative estimate of drug-likeness (QED) is 0.406. The van der Waals surface area contributed by atoms with E-state index in [9.17, 15) is 4.79 Å². The molecule has 4 nitrogen and oxygen atoms in total. The monoisotopic (exact) mass is 429 g/mol. The van der Waals surface area contributed by atoms with E-state index in [-0.39, 0.29) is 11.8 Å². The lowest BCUT2D eigenvalue weighted by molar-refractivity contribution is -0.117. The molecule has 1 fully saturated rings. The molecule has 5 rings (SSSR count). The van der Waals surface area contributed by atoms with E-state index >= 15 is 0 Å². The molecule has 0 N–H and O–H groups in total. The summed E-state index contributed by atoms with van der Waals surface area (Å²) in [5, 5.41) is 0.741. The van der Waals surface area contributed by atoms with Crippen LogP contribution in [0.2, 0.25) is 5.02 Å². The van der Waals surface area contributed by atoms with Gasteiger partial charge in [-0.1, -0.05) is 54.1 Å². The van der Waals surface area contributed by atoms with Gasteiger partial charge >= 0.3 is 0 Å². The van der Waals surface area contributed by atoms with E-state index in [1.165, 1.54) is 5.56 Å². The molecular formula is C26H24ClN3O. The number of rotatable bonds is 4. The number of anilines is 1. The molecule has 4 aromatic rings. The molecule has 1 atom stereocenters. The summed E-state index contributed by atoms with van der Waals surface area (Å²) in [6.45, 7) is 5.43. The summed E-state index contributed by atoms with van der Waals surface area (Å²) in [6, 6.07) is 22.2. The molecule has 1 aliphatic heterocycles. The highest BCUT2D eigenvalue weighted by Gasteiger charge is 2.35. The summed E-state index contributed by atoms with van der Waals surface area (Å²) in [4.78, 5) is 19.9. The van der Waals surface area contributed by atoms with E-state index in [4.69, 9.17) is 16.6 Å². The zero-order valence-corrected chi connectivity index (χ0v) is 18.4. The number of halogens is 1. The Bertz CT molecular complexity index is 1290. The lowest BCUT2D eigenvalue weighted by atomic mass is 10.1. The van der Waals surface area contributed by atoms with Crippen molar-refractivity contribution in [3.05, 3.63) is 94.3 Å². The number of benzene rings is 3. The molecule has 0 radical (unpaired) electrons. The number of hydrogen-bond donors (Lipinski definition) is 0. The lowest BCUT2D eigenvalue weighted by Gasteiger charge is -2.20. The number of aromatic nitrogens is 2. The van der Waals surface area contributed by atoms with Crippen LogP contribution in [0.15, 0.2) is 66.7 Å². The van der Waals surface area contributed by atoms with Crippen molar-refractivity contribution >= 4 is 34.2 Å². The van der Waals surface area contributed by atoms with E-state index in [1.54, 1.807) is 0 Å². The Morgan fingerprint density at radius 2 is 1.77 bits per heavy atom. The molecule has 1 unspecified atom stereocenters. The van der Waals surface area contributed by atoms with Gasteiger partial charge in [-0.2, -0.15) is 0 Å². The Balaban J connectivity index is 1.55. The number of fused-ring (bicyclic) bond motifs is 1. The Kier molecular flexibility index (Phi) is 5.03. The molecule has 0 saturated carbocycles. The van der Waals surface area contributed by atoms with Crippen LogP contribution in [0.25, 0.3) is 11.0 Å². The van der Waals surface area contributed by atoms with Crippen molar-refractivity contribution < 1.29 is 4.79 Å². The molecule has 5 heteroatoms. The number of para-hydroxylation sites is 2. The molecule has 1 saturated heterocycles. The normalized spacial score (nSPS) is 16.4. The molecule has 0 spiro atoms. The Morgan fingerprint density at radius 3 is 2.61 bits per heavy atom. The number of hydrogen-bond acceptors (Lipinski definition) is 2. The molecule has 31 heavy (non-hydrogen) atoms. The van der Waals surface area contributed by atoms with E-state index in [0.29, 0.717) is 19.5 Å². The molecule has 1 amide bonds. The number of aryl methyl sites for hydroxylation is 1. The van der Waals surface area contributed by atoms with Crippen LogP contribution in [0.5, 0.6) is 0 Å². The predicted octanol–water partition coefficient (Wildman–Crippen LogP) is 5.88. The molecule has 156 valence electrons. The van der Waals surface area contributed by atoms with Gasteiger partial charge in [-0.25, -0.2) is 4.98 Å². The zero-order valence-electron chi connectivity index (χ0n) is 17.7. The molecule has 1 aromatic heterocycles. The molecular weight excluding hydrogens is 406 g/mol. The molecule has 3 aromatic carbocycles. The molecule has 2 heterocycles. The number of carbonyl (C=O) groups is 1. The second-order valence-corrected chi connectivity index (χ2v) is 8.67. The maximum Gasteiger partial charge on any atom is 0.227 e. The Hall–Kier alpha value is -3.11. The van der Waals surface area contributed by atoms with Crippen LogP contribution in [0.1, 0.15) is 34.9 Å². The first-order valence-corrected chi connectivity index (χ1v) is 11.0. The zero-order chi connectivity index (χ0) is 21.5. The summed E-state index contributed by atoms with van der Waals surface area (Å²) < 4.78 is 2.22. The van der Waals surface area contributed by atoms with Crippen molar-refractivity contribution in [2.75, 3.05) is 11.4 Å². The maximum absolute atomic E-state index is 13.0. The number of imidazole rings is 1. The van der Waals surface area contributed by atoms with Gasteiger partial charge in [0.25, 0.3) is 0 Å². The number of nitrogens with zero attached hydrogens (tertiary/aromatic N) is 3. The van der Waals surface area contributed by atoms with Crippen LogP contribution in [-0.4, -0.2) is 22.0 Å². The third kappa shape index (κ3) is 3.51. The van der Waals surface area contributed by atoms with Crippen molar-refractivity contribution in [2.24, 2.45) is 0 Å². The van der Waals surface area contributed by atoms with Gasteiger partial charge in [0, 0.05) is 29.6 Å². The highest BCUT2D eigenvalue weighted by Crippen LogP contribution is 2.35. The van der Waals surface area contributed by atoms with Crippen molar-refractivity contribution in [1.82, 2.24) is 9.55 Å². The SMILES string of the molecule is Cc1cccc(N2CC(c3nc4ccccc4n3Cc3ccccc3Cl)CC2=O)c1C. The second kappa shape index (κ2) is 7.86. The minimum atomic E-state index is 0.0299.